The number of carbonyl (C=O) groups is 1. The third-order valence-corrected chi connectivity index (χ3v) is 3.39. The van der Waals surface area contributed by atoms with E-state index in [1.165, 1.54) is 0 Å². The zero-order chi connectivity index (χ0) is 18.8. The van der Waals surface area contributed by atoms with Gasteiger partial charge in [0, 0.05) is 19.3 Å². The minimum absolute atomic E-state index is 0.259. The summed E-state index contributed by atoms with van der Waals surface area (Å²) in [6.07, 6.45) is 0. The molecule has 1 amide bonds. The van der Waals surface area contributed by atoms with Gasteiger partial charge in [0.2, 0.25) is 5.95 Å². The normalized spacial score (nSPS) is 10.3. The molecule has 8 heteroatoms. The first-order chi connectivity index (χ1) is 12.6. The molecule has 0 unspecified atom stereocenters. The number of carbonyl (C=O) groups excluding carboxylic acids is 1. The van der Waals surface area contributed by atoms with Crippen molar-refractivity contribution in [2.24, 2.45) is 0 Å². The van der Waals surface area contributed by atoms with E-state index in [0.29, 0.717) is 43.6 Å². The molecule has 1 aromatic carbocycles. The van der Waals surface area contributed by atoms with Crippen molar-refractivity contribution in [1.82, 2.24) is 15.3 Å². The quantitative estimate of drug-likeness (QED) is 0.622. The first kappa shape index (κ1) is 19.5. The zero-order valence-corrected chi connectivity index (χ0v) is 15.2. The van der Waals surface area contributed by atoms with E-state index in [-0.39, 0.29) is 5.91 Å². The van der Waals surface area contributed by atoms with Crippen LogP contribution in [-0.2, 0) is 4.74 Å². The van der Waals surface area contributed by atoms with Gasteiger partial charge in [-0.3, -0.25) is 4.79 Å². The van der Waals surface area contributed by atoms with Crippen LogP contribution in [0.25, 0.3) is 0 Å². The van der Waals surface area contributed by atoms with E-state index in [2.05, 4.69) is 20.6 Å². The number of anilines is 1. The molecule has 0 saturated carbocycles. The van der Waals surface area contributed by atoms with Gasteiger partial charge in [0.15, 0.2) is 0 Å². The van der Waals surface area contributed by atoms with Crippen molar-refractivity contribution in [3.8, 4) is 11.5 Å². The number of ether oxygens (including phenoxy) is 3. The van der Waals surface area contributed by atoms with Gasteiger partial charge in [-0.2, -0.15) is 0 Å². The molecule has 0 radical (unpaired) electrons. The lowest BCUT2D eigenvalue weighted by atomic mass is 10.3. The van der Waals surface area contributed by atoms with Crippen molar-refractivity contribution in [2.75, 3.05) is 45.8 Å². The number of methoxy groups -OCH3 is 2. The van der Waals surface area contributed by atoms with E-state index in [4.69, 9.17) is 14.2 Å². The van der Waals surface area contributed by atoms with E-state index in [9.17, 15) is 4.79 Å². The Morgan fingerprint density at radius 1 is 1.04 bits per heavy atom. The molecule has 8 nitrogen and oxygen atoms in total. The number of nitrogens with zero attached hydrogens (tertiary/aromatic N) is 2. The topological polar surface area (TPSA) is 94.6 Å². The summed E-state index contributed by atoms with van der Waals surface area (Å²) >= 11 is 0. The van der Waals surface area contributed by atoms with E-state index in [0.717, 1.165) is 11.5 Å². The molecule has 0 spiro atoms. The van der Waals surface area contributed by atoms with E-state index < -0.39 is 0 Å². The largest absolute Gasteiger partial charge is 0.497 e. The summed E-state index contributed by atoms with van der Waals surface area (Å²) < 4.78 is 15.6. The molecular weight excluding hydrogens is 336 g/mol. The minimum atomic E-state index is -0.259. The van der Waals surface area contributed by atoms with Gasteiger partial charge in [0.05, 0.1) is 20.3 Å². The third kappa shape index (κ3) is 6.21. The Hall–Kier alpha value is -2.87. The molecule has 2 rings (SSSR count). The second-order valence-corrected chi connectivity index (χ2v) is 5.42. The van der Waals surface area contributed by atoms with Gasteiger partial charge in [-0.1, -0.05) is 0 Å². The standard InChI is InChI=1S/C18H24N4O4/c1-13-12-16(17(23)19-8-10-24-2)22-18(21-13)20-9-11-26-15-6-4-14(25-3)5-7-15/h4-7,12H,8-11H2,1-3H3,(H,19,23)(H,20,21,22). The van der Waals surface area contributed by atoms with Crippen LogP contribution in [0.1, 0.15) is 16.2 Å². The summed E-state index contributed by atoms with van der Waals surface area (Å²) in [6, 6.07) is 8.98. The molecular formula is C18H24N4O4. The highest BCUT2D eigenvalue weighted by atomic mass is 16.5. The van der Waals surface area contributed by atoms with Crippen LogP contribution in [0.4, 0.5) is 5.95 Å². The van der Waals surface area contributed by atoms with Gasteiger partial charge in [-0.15, -0.1) is 0 Å². The van der Waals surface area contributed by atoms with Gasteiger partial charge < -0.3 is 24.8 Å². The lowest BCUT2D eigenvalue weighted by Gasteiger charge is -2.10. The van der Waals surface area contributed by atoms with Crippen LogP contribution in [0.3, 0.4) is 0 Å². The van der Waals surface area contributed by atoms with Crippen molar-refractivity contribution >= 4 is 11.9 Å². The molecule has 1 heterocycles. The van der Waals surface area contributed by atoms with Gasteiger partial charge in [-0.25, -0.2) is 9.97 Å². The van der Waals surface area contributed by atoms with Gasteiger partial charge in [0.1, 0.15) is 23.8 Å². The summed E-state index contributed by atoms with van der Waals surface area (Å²) in [5.74, 6) is 1.65. The Morgan fingerprint density at radius 2 is 1.77 bits per heavy atom. The Balaban J connectivity index is 1.83. The predicted molar refractivity (Wildman–Crippen MR) is 98.0 cm³/mol. The number of hydrogen-bond acceptors (Lipinski definition) is 7. The molecule has 0 saturated heterocycles. The number of aryl methyl sites for hydroxylation is 1. The second kappa shape index (κ2) is 10.2. The average molecular weight is 360 g/mol. The summed E-state index contributed by atoms with van der Waals surface area (Å²) in [5, 5.41) is 5.80. The molecule has 0 bridgehead atoms. The van der Waals surface area contributed by atoms with Crippen LogP contribution in [0.5, 0.6) is 11.5 Å². The van der Waals surface area contributed by atoms with Crippen LogP contribution in [-0.4, -0.2) is 56.4 Å². The lowest BCUT2D eigenvalue weighted by Crippen LogP contribution is -2.28. The van der Waals surface area contributed by atoms with Crippen molar-refractivity contribution in [3.63, 3.8) is 0 Å². The fourth-order valence-electron chi connectivity index (χ4n) is 2.12. The highest BCUT2D eigenvalue weighted by molar-refractivity contribution is 5.92. The second-order valence-electron chi connectivity index (χ2n) is 5.42. The summed E-state index contributed by atoms with van der Waals surface area (Å²) in [7, 11) is 3.20. The van der Waals surface area contributed by atoms with Crippen molar-refractivity contribution < 1.29 is 19.0 Å². The lowest BCUT2D eigenvalue weighted by molar-refractivity contribution is 0.0932. The molecule has 0 atom stereocenters. The molecule has 140 valence electrons. The molecule has 2 aromatic rings. The van der Waals surface area contributed by atoms with Gasteiger partial charge >= 0.3 is 0 Å². The third-order valence-electron chi connectivity index (χ3n) is 3.39. The number of amides is 1. The molecule has 26 heavy (non-hydrogen) atoms. The number of benzene rings is 1. The molecule has 0 fully saturated rings. The van der Waals surface area contributed by atoms with Crippen LogP contribution in [0.2, 0.25) is 0 Å². The van der Waals surface area contributed by atoms with Crippen molar-refractivity contribution in [3.05, 3.63) is 41.7 Å². The van der Waals surface area contributed by atoms with Crippen LogP contribution in [0.15, 0.2) is 30.3 Å². The Morgan fingerprint density at radius 3 is 2.46 bits per heavy atom. The number of nitrogens with one attached hydrogen (secondary N) is 2. The van der Waals surface area contributed by atoms with Crippen molar-refractivity contribution in [1.29, 1.82) is 0 Å². The van der Waals surface area contributed by atoms with Crippen LogP contribution in [0, 0.1) is 6.92 Å². The molecule has 2 N–H and O–H groups in total. The Bertz CT molecular complexity index is 707. The van der Waals surface area contributed by atoms with E-state index in [1.54, 1.807) is 20.3 Å². The zero-order valence-electron chi connectivity index (χ0n) is 15.2. The highest BCUT2D eigenvalue weighted by Gasteiger charge is 2.10. The maximum Gasteiger partial charge on any atom is 0.270 e. The first-order valence-electron chi connectivity index (χ1n) is 8.26. The highest BCUT2D eigenvalue weighted by Crippen LogP contribution is 2.16. The Labute approximate surface area is 152 Å². The minimum Gasteiger partial charge on any atom is -0.497 e. The monoisotopic (exact) mass is 360 g/mol. The maximum absolute atomic E-state index is 12.1. The fraction of sp³-hybridized carbons (Fsp3) is 0.389. The molecule has 0 aliphatic rings. The predicted octanol–water partition coefficient (Wildman–Crippen LogP) is 1.66. The number of rotatable bonds is 10. The fourth-order valence-corrected chi connectivity index (χ4v) is 2.12. The molecule has 1 aromatic heterocycles. The summed E-state index contributed by atoms with van der Waals surface area (Å²) in [6.45, 7) is 3.62. The van der Waals surface area contributed by atoms with Crippen LogP contribution >= 0.6 is 0 Å². The van der Waals surface area contributed by atoms with Gasteiger partial charge in [0.25, 0.3) is 5.91 Å². The van der Waals surface area contributed by atoms with E-state index in [1.807, 2.05) is 31.2 Å². The summed E-state index contributed by atoms with van der Waals surface area (Å²) in [5.41, 5.74) is 1.02. The Kier molecular flexibility index (Phi) is 7.63. The molecule has 0 aliphatic heterocycles. The van der Waals surface area contributed by atoms with Crippen molar-refractivity contribution in [2.45, 2.75) is 6.92 Å². The van der Waals surface area contributed by atoms with Gasteiger partial charge in [-0.05, 0) is 37.3 Å². The maximum atomic E-state index is 12.1. The van der Waals surface area contributed by atoms with E-state index >= 15 is 0 Å². The first-order valence-corrected chi connectivity index (χ1v) is 8.26. The average Bonchev–Trinajstić information content (AvgIpc) is 2.65. The smallest absolute Gasteiger partial charge is 0.270 e. The summed E-state index contributed by atoms with van der Waals surface area (Å²) in [4.78, 5) is 20.6. The SMILES string of the molecule is COCCNC(=O)c1cc(C)nc(NCCOc2ccc(OC)cc2)n1. The molecule has 0 aliphatic carbocycles. The number of aromatic nitrogens is 2. The number of hydrogen-bond donors (Lipinski definition) is 2. The van der Waals surface area contributed by atoms with Crippen LogP contribution < -0.4 is 20.1 Å².